The summed E-state index contributed by atoms with van der Waals surface area (Å²) in [5, 5.41) is 5.57. The molecule has 0 bridgehead atoms. The van der Waals surface area contributed by atoms with Gasteiger partial charge in [-0.15, -0.1) is 11.3 Å². The molecule has 0 saturated heterocycles. The molecule has 0 spiro atoms. The Labute approximate surface area is 273 Å². The smallest absolute Gasteiger partial charge is 0.332 e. The van der Waals surface area contributed by atoms with E-state index in [4.69, 9.17) is 0 Å². The van der Waals surface area contributed by atoms with E-state index in [0.29, 0.717) is 0 Å². The van der Waals surface area contributed by atoms with E-state index in [0.717, 1.165) is 6.42 Å². The Morgan fingerprint density at radius 1 is 0.739 bits per heavy atom. The van der Waals surface area contributed by atoms with Crippen molar-refractivity contribution in [2.24, 2.45) is 0 Å². The molecule has 2 nitrogen and oxygen atoms in total. The Hall–Kier alpha value is -4.54. The quantitative estimate of drug-likeness (QED) is 0.139. The van der Waals surface area contributed by atoms with Gasteiger partial charge in [-0.2, -0.15) is 0 Å². The van der Waals surface area contributed by atoms with E-state index in [2.05, 4.69) is 127 Å². The Kier molecular flexibility index (Phi) is 4.81. The van der Waals surface area contributed by atoms with Crippen LogP contribution in [0, 0.1) is 0 Å². The number of rotatable bonds is 4. The summed E-state index contributed by atoms with van der Waals surface area (Å²) < 4.78 is 6.83. The fourth-order valence-electron chi connectivity index (χ4n) is 9.65. The van der Waals surface area contributed by atoms with E-state index in [1.807, 2.05) is 11.3 Å². The molecule has 0 unspecified atom stereocenters. The number of para-hydroxylation sites is 2. The van der Waals surface area contributed by atoms with Crippen LogP contribution in [0.1, 0.15) is 56.9 Å². The molecule has 3 aliphatic rings. The first kappa shape index (κ1) is 25.6. The Bertz CT molecular complexity index is 2640. The molecular weight excluding hydrogens is 575 g/mol. The third kappa shape index (κ3) is 2.88. The van der Waals surface area contributed by atoms with Crippen molar-refractivity contribution in [2.45, 2.75) is 51.9 Å². The monoisotopic (exact) mass is 608 g/mol. The van der Waals surface area contributed by atoms with Crippen LogP contribution in [0.15, 0.2) is 97.1 Å². The summed E-state index contributed by atoms with van der Waals surface area (Å²) in [7, 11) is 0. The van der Waals surface area contributed by atoms with Crippen molar-refractivity contribution >= 4 is 71.2 Å². The summed E-state index contributed by atoms with van der Waals surface area (Å²) in [6.07, 6.45) is 4.86. The Morgan fingerprint density at radius 2 is 1.52 bits per heavy atom. The van der Waals surface area contributed by atoms with Crippen molar-refractivity contribution < 1.29 is 0 Å². The molecule has 0 amide bonds. The first-order valence-electron chi connectivity index (χ1n) is 17.0. The van der Waals surface area contributed by atoms with Crippen LogP contribution in [-0.2, 0) is 11.8 Å². The number of nitrogens with zero attached hydrogens (tertiary/aromatic N) is 2. The number of aryl methyl sites for hydroxylation is 1. The molecule has 11 rings (SSSR count). The average molecular weight is 609 g/mol. The van der Waals surface area contributed by atoms with E-state index >= 15 is 0 Å². The van der Waals surface area contributed by atoms with E-state index in [1.165, 1.54) is 117 Å². The predicted octanol–water partition coefficient (Wildman–Crippen LogP) is 9.94. The van der Waals surface area contributed by atoms with Crippen molar-refractivity contribution in [2.75, 3.05) is 0 Å². The fourth-order valence-corrected chi connectivity index (χ4v) is 10.9. The molecule has 220 valence electrons. The van der Waals surface area contributed by atoms with Gasteiger partial charge >= 0.3 is 6.85 Å². The van der Waals surface area contributed by atoms with Crippen LogP contribution in [0.2, 0.25) is 0 Å². The van der Waals surface area contributed by atoms with E-state index in [-0.39, 0.29) is 12.3 Å². The zero-order chi connectivity index (χ0) is 30.5. The number of thiophene rings is 1. The molecule has 8 aromatic rings. The molecule has 0 atom stereocenters. The Morgan fingerprint density at radius 3 is 2.43 bits per heavy atom. The minimum atomic E-state index is -0.107. The summed E-state index contributed by atoms with van der Waals surface area (Å²) in [6.45, 7) is 7.32. The summed E-state index contributed by atoms with van der Waals surface area (Å²) in [6, 6.07) is 37.5. The van der Waals surface area contributed by atoms with Crippen LogP contribution in [0.25, 0.3) is 70.0 Å². The lowest BCUT2D eigenvalue weighted by atomic mass is 9.45. The highest BCUT2D eigenvalue weighted by molar-refractivity contribution is 7.25. The van der Waals surface area contributed by atoms with E-state index < -0.39 is 0 Å². The van der Waals surface area contributed by atoms with Gasteiger partial charge in [-0.3, -0.25) is 0 Å². The number of benzene rings is 5. The molecule has 0 N–H and O–H groups in total. The van der Waals surface area contributed by atoms with Crippen LogP contribution >= 0.6 is 11.3 Å². The number of unbranched alkanes of at least 4 members (excludes halogenated alkanes) is 2. The highest BCUT2D eigenvalue weighted by atomic mass is 32.1. The van der Waals surface area contributed by atoms with Gasteiger partial charge in [0, 0.05) is 59.7 Å². The summed E-state index contributed by atoms with van der Waals surface area (Å²) >= 11 is 1.95. The molecular formula is C42H33BN2S. The standard InChI is InChI=1S/C42H33BN2S/c1-4-5-6-13-24-22-30-25-16-11-17-28-35-26-14-7-9-19-31(26)42(2,3)40(35)45(38(25)28)43-32-20-12-18-29-36-27-15-8-10-21-34(27)46-41(36)44(39(29)32)33(23-24)37(30)43/h7-12,14-23H,4-6,13H2,1-3H3. The second-order valence-corrected chi connectivity index (χ2v) is 15.3. The summed E-state index contributed by atoms with van der Waals surface area (Å²) in [4.78, 5) is 1.38. The first-order valence-corrected chi connectivity index (χ1v) is 17.8. The van der Waals surface area contributed by atoms with Gasteiger partial charge in [0.1, 0.15) is 4.83 Å². The summed E-state index contributed by atoms with van der Waals surface area (Å²) in [5.41, 5.74) is 17.0. The maximum absolute atomic E-state index is 2.79. The van der Waals surface area contributed by atoms with Gasteiger partial charge in [0.05, 0.1) is 5.52 Å². The molecule has 5 heterocycles. The maximum atomic E-state index is 2.79. The molecule has 0 radical (unpaired) electrons. The van der Waals surface area contributed by atoms with Gasteiger partial charge in [0.15, 0.2) is 0 Å². The molecule has 3 aromatic heterocycles. The molecule has 2 aliphatic heterocycles. The van der Waals surface area contributed by atoms with E-state index in [1.54, 1.807) is 0 Å². The minimum absolute atomic E-state index is 0.107. The molecule has 5 aromatic carbocycles. The van der Waals surface area contributed by atoms with Gasteiger partial charge in [-0.1, -0.05) is 119 Å². The molecule has 1 aliphatic carbocycles. The van der Waals surface area contributed by atoms with Crippen LogP contribution in [-0.4, -0.2) is 15.9 Å². The number of hydrogen-bond donors (Lipinski definition) is 0. The lowest BCUT2D eigenvalue weighted by Crippen LogP contribution is -2.56. The van der Waals surface area contributed by atoms with Crippen molar-refractivity contribution in [1.82, 2.24) is 9.05 Å². The SMILES string of the molecule is CCCCCc1cc2c3c(c1)-n1c4sc5ccccc5c4c4cccc(c41)B3n1c3c(c4cccc-2c41)-c1ccccc1C3(C)C. The first-order chi connectivity index (χ1) is 22.6. The van der Waals surface area contributed by atoms with Crippen molar-refractivity contribution in [3.63, 3.8) is 0 Å². The molecule has 0 fully saturated rings. The molecule has 46 heavy (non-hydrogen) atoms. The Balaban J connectivity index is 1.34. The second-order valence-electron chi connectivity index (χ2n) is 14.3. The minimum Gasteiger partial charge on any atom is -0.378 e. The second kappa shape index (κ2) is 8.63. The topological polar surface area (TPSA) is 9.86 Å². The molecule has 0 saturated carbocycles. The van der Waals surface area contributed by atoms with Gasteiger partial charge in [-0.25, -0.2) is 0 Å². The fraction of sp³-hybridized carbons (Fsp3) is 0.190. The number of hydrogen-bond acceptors (Lipinski definition) is 1. The summed E-state index contributed by atoms with van der Waals surface area (Å²) in [5.74, 6) is 0. The largest absolute Gasteiger partial charge is 0.378 e. The maximum Gasteiger partial charge on any atom is 0.332 e. The van der Waals surface area contributed by atoms with Crippen molar-refractivity contribution in [1.29, 1.82) is 0 Å². The zero-order valence-electron chi connectivity index (χ0n) is 26.4. The van der Waals surface area contributed by atoms with Crippen LogP contribution < -0.4 is 10.9 Å². The third-order valence-corrected chi connectivity index (χ3v) is 12.6. The third-order valence-electron chi connectivity index (χ3n) is 11.5. The predicted molar refractivity (Wildman–Crippen MR) is 198 cm³/mol. The van der Waals surface area contributed by atoms with Crippen molar-refractivity contribution in [3.8, 4) is 27.9 Å². The highest BCUT2D eigenvalue weighted by Gasteiger charge is 2.48. The average Bonchev–Trinajstić information content (AvgIpc) is 3.78. The highest BCUT2D eigenvalue weighted by Crippen LogP contribution is 2.55. The normalized spacial score (nSPS) is 14.9. The zero-order valence-corrected chi connectivity index (χ0v) is 27.3. The van der Waals surface area contributed by atoms with Gasteiger partial charge in [0.2, 0.25) is 0 Å². The lowest BCUT2D eigenvalue weighted by Gasteiger charge is -2.37. The van der Waals surface area contributed by atoms with Crippen LogP contribution in [0.5, 0.6) is 0 Å². The van der Waals surface area contributed by atoms with Crippen LogP contribution in [0.4, 0.5) is 0 Å². The van der Waals surface area contributed by atoms with Gasteiger partial charge in [-0.05, 0) is 58.2 Å². The van der Waals surface area contributed by atoms with E-state index in [9.17, 15) is 0 Å². The number of fused-ring (bicyclic) bond motifs is 14. The molecule has 4 heteroatoms. The van der Waals surface area contributed by atoms with Gasteiger partial charge in [0.25, 0.3) is 0 Å². The van der Waals surface area contributed by atoms with Crippen LogP contribution in [0.3, 0.4) is 0 Å². The lowest BCUT2D eigenvalue weighted by molar-refractivity contribution is 0.632. The van der Waals surface area contributed by atoms with Crippen molar-refractivity contribution in [3.05, 3.63) is 114 Å². The van der Waals surface area contributed by atoms with Gasteiger partial charge < -0.3 is 9.05 Å². The number of aromatic nitrogens is 2.